The molecule has 0 fully saturated rings. The van der Waals surface area contributed by atoms with Crippen molar-refractivity contribution in [2.24, 2.45) is 0 Å². The van der Waals surface area contributed by atoms with E-state index in [9.17, 15) is 0 Å². The van der Waals surface area contributed by atoms with Crippen LogP contribution in [0.3, 0.4) is 0 Å². The van der Waals surface area contributed by atoms with E-state index in [0.29, 0.717) is 17.1 Å². The molecule has 0 aliphatic heterocycles. The Morgan fingerprint density at radius 1 is 0.398 bits per heavy atom. The molecule has 0 saturated heterocycles. The molecule has 4 aromatic heterocycles. The van der Waals surface area contributed by atoms with Crippen molar-refractivity contribution in [3.63, 3.8) is 0 Å². The van der Waals surface area contributed by atoms with Crippen LogP contribution in [-0.2, 0) is 41.0 Å². The first-order valence-electron chi connectivity index (χ1n) is 28.9. The van der Waals surface area contributed by atoms with Gasteiger partial charge in [0.1, 0.15) is 0 Å². The summed E-state index contributed by atoms with van der Waals surface area (Å²) in [4.78, 5) is 4.97. The zero-order valence-corrected chi connectivity index (χ0v) is 51.8. The zero-order valence-electron chi connectivity index (χ0n) is 49.6. The molecule has 7 heteroatoms. The number of fused-ring (bicyclic) bond motifs is 7. The predicted molar refractivity (Wildman–Crippen MR) is 343 cm³/mol. The summed E-state index contributed by atoms with van der Waals surface area (Å²) in [5, 5.41) is 4.36. The van der Waals surface area contributed by atoms with E-state index in [1.54, 1.807) is 0 Å². The van der Waals surface area contributed by atoms with E-state index < -0.39 is 0 Å². The van der Waals surface area contributed by atoms with Gasteiger partial charge in [-0.2, -0.15) is 0 Å². The Morgan fingerprint density at radius 3 is 1.66 bits per heavy atom. The van der Waals surface area contributed by atoms with Gasteiger partial charge < -0.3 is 0 Å². The van der Waals surface area contributed by atoms with E-state index in [4.69, 9.17) is 14.1 Å². The van der Waals surface area contributed by atoms with Crippen molar-refractivity contribution in [2.75, 3.05) is 0 Å². The van der Waals surface area contributed by atoms with Gasteiger partial charge in [0.05, 0.1) is 0 Å². The number of hydrogen-bond acceptors (Lipinski definition) is 3. The van der Waals surface area contributed by atoms with Crippen molar-refractivity contribution in [2.45, 2.75) is 105 Å². The average Bonchev–Trinajstić information content (AvgIpc) is 2.87. The monoisotopic (exact) mass is 1270 g/mol. The fourth-order valence-electron chi connectivity index (χ4n) is 12.0. The van der Waals surface area contributed by atoms with Crippen molar-refractivity contribution in [3.05, 3.63) is 232 Å². The van der Waals surface area contributed by atoms with Gasteiger partial charge in [-0.1, -0.05) is 32.9 Å². The van der Waals surface area contributed by atoms with Crippen molar-refractivity contribution in [1.82, 2.24) is 18.5 Å². The SMILES string of the molecule is CC(C)(C)c1cccc(-c2cccc(-c3cc(C(C)(C)C)cc(C(C)(C)C)c3)c2-n2[c](=[Pt])n3c4cc(Oc5ccc6c7ccccc7n(-c7cc(C(C)(C)C)ccn7)c6c5)ccc4oc4c(-c5ccccc5)cccc4c4cccc2c43)c1. The molecule has 0 unspecified atom stereocenters. The number of benzene rings is 9. The second-order valence-corrected chi connectivity index (χ2v) is 27.5. The van der Waals surface area contributed by atoms with Gasteiger partial charge in [-0.25, -0.2) is 0 Å². The maximum atomic E-state index is 7.44. The quantitative estimate of drug-likeness (QED) is 0.160. The van der Waals surface area contributed by atoms with Crippen molar-refractivity contribution >= 4 is 60.3 Å². The molecule has 0 bridgehead atoms. The molecule has 13 rings (SSSR count). The minimum absolute atomic E-state index is 0.0508. The summed E-state index contributed by atoms with van der Waals surface area (Å²) < 4.78 is 22.7. The molecule has 0 atom stereocenters. The second-order valence-electron chi connectivity index (χ2n) is 26.5. The number of ether oxygens (including phenoxy) is 1. The molecule has 416 valence electrons. The molecule has 4 heterocycles. The van der Waals surface area contributed by atoms with Crippen LogP contribution in [0.2, 0.25) is 0 Å². The van der Waals surface area contributed by atoms with Crippen LogP contribution in [0.4, 0.5) is 0 Å². The summed E-state index contributed by atoms with van der Waals surface area (Å²) in [7, 11) is 0. The van der Waals surface area contributed by atoms with Crippen molar-refractivity contribution in [3.8, 4) is 56.4 Å². The van der Waals surface area contributed by atoms with Crippen LogP contribution in [0, 0.1) is 3.80 Å². The third-order valence-corrected chi connectivity index (χ3v) is 17.6. The molecule has 0 saturated carbocycles. The molecular weight excluding hydrogens is 1200 g/mol. The van der Waals surface area contributed by atoms with Gasteiger partial charge in [-0.05, 0) is 17.0 Å². The van der Waals surface area contributed by atoms with Crippen LogP contribution >= 0.6 is 0 Å². The minimum atomic E-state index is -0.0917. The fourth-order valence-corrected chi connectivity index (χ4v) is 13.0. The van der Waals surface area contributed by atoms with Gasteiger partial charge in [0.15, 0.2) is 0 Å². The summed E-state index contributed by atoms with van der Waals surface area (Å²) in [6, 6.07) is 72.8. The Bertz CT molecular complexity index is 4800. The van der Waals surface area contributed by atoms with Crippen LogP contribution in [0.1, 0.15) is 105 Å². The Morgan fingerprint density at radius 2 is 0.940 bits per heavy atom. The summed E-state index contributed by atoms with van der Waals surface area (Å²) in [5.41, 5.74) is 19.2. The van der Waals surface area contributed by atoms with Gasteiger partial charge in [-0.15, -0.1) is 0 Å². The molecule has 0 aliphatic rings. The number of para-hydroxylation sites is 4. The van der Waals surface area contributed by atoms with Crippen molar-refractivity contribution < 1.29 is 28.5 Å². The van der Waals surface area contributed by atoms with Crippen LogP contribution in [0.5, 0.6) is 11.5 Å². The third kappa shape index (κ3) is 9.59. The summed E-state index contributed by atoms with van der Waals surface area (Å²) in [5.74, 6) is 2.26. The second kappa shape index (κ2) is 20.0. The van der Waals surface area contributed by atoms with Gasteiger partial charge in [0.25, 0.3) is 0 Å². The molecule has 0 amide bonds. The molecule has 83 heavy (non-hydrogen) atoms. The van der Waals surface area contributed by atoms with Gasteiger partial charge in [-0.3, -0.25) is 0 Å². The topological polar surface area (TPSA) is 49.5 Å². The summed E-state index contributed by atoms with van der Waals surface area (Å²) in [6.07, 6.45) is 1.93. The molecule has 0 radical (unpaired) electrons. The molecule has 6 nitrogen and oxygen atoms in total. The number of pyridine rings is 1. The van der Waals surface area contributed by atoms with E-state index in [0.717, 1.165) is 97.8 Å². The van der Waals surface area contributed by atoms with Gasteiger partial charge >= 0.3 is 445 Å². The van der Waals surface area contributed by atoms with E-state index in [2.05, 4.69) is 310 Å². The first-order chi connectivity index (χ1) is 39.6. The molecule has 0 N–H and O–H groups in total. The van der Waals surface area contributed by atoms with Gasteiger partial charge in [0.2, 0.25) is 0 Å². The number of rotatable bonds is 7. The van der Waals surface area contributed by atoms with Crippen LogP contribution in [0.25, 0.3) is 105 Å². The maximum absolute atomic E-state index is 7.44. The van der Waals surface area contributed by atoms with E-state index >= 15 is 0 Å². The normalized spacial score (nSPS) is 12.7. The number of imidazole rings is 1. The Kier molecular flexibility index (Phi) is 13.0. The molecule has 0 aliphatic carbocycles. The number of nitrogens with zero attached hydrogens (tertiary/aromatic N) is 4. The molecular formula is C76H70N4O2Pt. The number of hydrogen-bond donors (Lipinski definition) is 0. The Hall–Kier alpha value is -8.31. The first-order valence-corrected chi connectivity index (χ1v) is 30.1. The van der Waals surface area contributed by atoms with Crippen LogP contribution < -0.4 is 4.74 Å². The van der Waals surface area contributed by atoms with Gasteiger partial charge in [0, 0.05) is 6.20 Å². The Balaban J connectivity index is 1.12. The molecule has 9 aromatic carbocycles. The van der Waals surface area contributed by atoms with Crippen molar-refractivity contribution in [1.29, 1.82) is 0 Å². The van der Waals surface area contributed by atoms with E-state index in [1.807, 2.05) is 12.3 Å². The first kappa shape index (κ1) is 54.0. The Labute approximate surface area is 497 Å². The summed E-state index contributed by atoms with van der Waals surface area (Å²) in [6.45, 7) is 27.6. The van der Waals surface area contributed by atoms with Crippen LogP contribution in [-0.4, -0.2) is 18.5 Å². The standard InChI is InChI=1S/C76H70N4O2.Pt/c1-73(2,3)51-25-18-24-49(40-51)57-27-19-28-58(50-41-53(75(7,8)9)43-54(42-50)76(10,11)12)70(57)78-47-79-67-46-56(35-37-68(67)82-72-59(48-22-14-13-15-23-48)29-20-31-63(72)62-30-21-33-65(78)71(62)79)81-55-34-36-61-60-26-16-17-32-64(60)80(66(61)45-55)69-44-52(38-39-77-69)74(4,5)6;/h13-46H,1-12H3;. The van der Waals surface area contributed by atoms with E-state index in [-0.39, 0.29) is 21.7 Å². The third-order valence-electron chi connectivity index (χ3n) is 16.6. The average molecular weight is 1270 g/mol. The predicted octanol–water partition coefficient (Wildman–Crippen LogP) is 20.9. The van der Waals surface area contributed by atoms with E-state index in [1.165, 1.54) is 27.8 Å². The molecule has 13 aromatic rings. The summed E-state index contributed by atoms with van der Waals surface area (Å²) >= 11 is 2.58. The number of aromatic nitrogens is 4. The van der Waals surface area contributed by atoms with Crippen LogP contribution in [0.15, 0.2) is 211 Å². The fraction of sp³-hybridized carbons (Fsp3) is 0.211. The zero-order chi connectivity index (χ0) is 57.9. The molecule has 0 spiro atoms.